The Balaban J connectivity index is 1.60. The molecule has 3 heteroatoms. The van der Waals surface area contributed by atoms with Crippen LogP contribution in [-0.2, 0) is 9.47 Å². The molecule has 2 heterocycles. The summed E-state index contributed by atoms with van der Waals surface area (Å²) < 4.78 is 11.5. The molecule has 1 aromatic rings. The van der Waals surface area contributed by atoms with Crippen molar-refractivity contribution >= 4 is 0 Å². The number of piperidine rings is 1. The zero-order valence-corrected chi connectivity index (χ0v) is 13.0. The fraction of sp³-hybridized carbons (Fsp3) is 0.667. The molecule has 1 aliphatic carbocycles. The number of ether oxygens (including phenoxy) is 2. The monoisotopic (exact) mass is 287 g/mol. The molecular weight excluding hydrogens is 262 g/mol. The van der Waals surface area contributed by atoms with Gasteiger partial charge in [-0.25, -0.2) is 0 Å². The highest BCUT2D eigenvalue weighted by molar-refractivity contribution is 5.32. The van der Waals surface area contributed by atoms with Crippen molar-refractivity contribution < 1.29 is 9.47 Å². The molecule has 3 nitrogen and oxygen atoms in total. The van der Waals surface area contributed by atoms with Crippen molar-refractivity contribution in [3.05, 3.63) is 34.9 Å². The second-order valence-electron chi connectivity index (χ2n) is 6.99. The van der Waals surface area contributed by atoms with Gasteiger partial charge in [-0.2, -0.15) is 0 Å². The van der Waals surface area contributed by atoms with E-state index >= 15 is 0 Å². The minimum Gasteiger partial charge on any atom is -0.349 e. The van der Waals surface area contributed by atoms with Gasteiger partial charge in [0.2, 0.25) is 0 Å². The summed E-state index contributed by atoms with van der Waals surface area (Å²) in [7, 11) is 0. The number of nitrogens with one attached hydrogen (secondary N) is 1. The Bertz CT molecular complexity index is 530. The van der Waals surface area contributed by atoms with Crippen molar-refractivity contribution in [1.82, 2.24) is 5.32 Å². The van der Waals surface area contributed by atoms with Crippen molar-refractivity contribution in [3.63, 3.8) is 0 Å². The van der Waals surface area contributed by atoms with Gasteiger partial charge in [0.15, 0.2) is 0 Å². The summed E-state index contributed by atoms with van der Waals surface area (Å²) in [5.74, 6) is 1.46. The van der Waals surface area contributed by atoms with Gasteiger partial charge in [-0.15, -0.1) is 0 Å². The lowest BCUT2D eigenvalue weighted by Gasteiger charge is -2.45. The van der Waals surface area contributed by atoms with Crippen LogP contribution >= 0.6 is 0 Å². The molecule has 3 aliphatic rings. The van der Waals surface area contributed by atoms with E-state index in [-0.39, 0.29) is 0 Å². The standard InChI is InChI=1S/C18H25NO2/c1-11-3-4-14(7-12(11)2)18-15-9-17-16(20-10-21-17)8-13(15)5-6-19-18/h3-4,7,13,15-19H,5-6,8-10H2,1-2H3. The van der Waals surface area contributed by atoms with Crippen molar-refractivity contribution in [1.29, 1.82) is 0 Å². The lowest BCUT2D eigenvalue weighted by Crippen LogP contribution is -2.47. The molecule has 2 aliphatic heterocycles. The fourth-order valence-electron chi connectivity index (χ4n) is 4.44. The summed E-state index contributed by atoms with van der Waals surface area (Å²) in [6.07, 6.45) is 4.27. The van der Waals surface area contributed by atoms with Gasteiger partial charge in [0, 0.05) is 6.04 Å². The third kappa shape index (κ3) is 2.41. The van der Waals surface area contributed by atoms with Crippen molar-refractivity contribution in [2.24, 2.45) is 11.8 Å². The number of aryl methyl sites for hydroxylation is 2. The maximum atomic E-state index is 5.78. The van der Waals surface area contributed by atoms with Crippen molar-refractivity contribution in [2.45, 2.75) is 51.4 Å². The van der Waals surface area contributed by atoms with Gasteiger partial charge in [-0.3, -0.25) is 0 Å². The van der Waals surface area contributed by atoms with Gasteiger partial charge in [-0.05, 0) is 68.2 Å². The van der Waals surface area contributed by atoms with Gasteiger partial charge in [0.05, 0.1) is 12.2 Å². The molecule has 1 aromatic carbocycles. The van der Waals surface area contributed by atoms with Crippen molar-refractivity contribution in [2.75, 3.05) is 13.3 Å². The van der Waals surface area contributed by atoms with E-state index in [4.69, 9.17) is 9.47 Å². The molecule has 5 unspecified atom stereocenters. The Morgan fingerprint density at radius 3 is 2.67 bits per heavy atom. The van der Waals surface area contributed by atoms with E-state index in [1.165, 1.54) is 29.5 Å². The van der Waals surface area contributed by atoms with E-state index in [0.29, 0.717) is 31.0 Å². The molecule has 5 atom stereocenters. The molecule has 0 bridgehead atoms. The average molecular weight is 287 g/mol. The van der Waals surface area contributed by atoms with Crippen LogP contribution in [0.2, 0.25) is 0 Å². The molecule has 21 heavy (non-hydrogen) atoms. The molecule has 0 amide bonds. The highest BCUT2D eigenvalue weighted by Gasteiger charge is 2.45. The zero-order chi connectivity index (χ0) is 14.4. The number of hydrogen-bond acceptors (Lipinski definition) is 3. The number of hydrogen-bond donors (Lipinski definition) is 1. The van der Waals surface area contributed by atoms with Crippen LogP contribution < -0.4 is 5.32 Å². The third-order valence-electron chi connectivity index (χ3n) is 5.82. The average Bonchev–Trinajstić information content (AvgIpc) is 2.94. The first kappa shape index (κ1) is 13.7. The molecule has 2 saturated heterocycles. The second kappa shape index (κ2) is 5.38. The zero-order valence-electron chi connectivity index (χ0n) is 13.0. The van der Waals surface area contributed by atoms with Gasteiger partial charge < -0.3 is 14.8 Å². The Morgan fingerprint density at radius 1 is 1.05 bits per heavy atom. The van der Waals surface area contributed by atoms with Crippen LogP contribution in [0.15, 0.2) is 18.2 Å². The van der Waals surface area contributed by atoms with E-state index in [2.05, 4.69) is 37.4 Å². The molecule has 0 aromatic heterocycles. The van der Waals surface area contributed by atoms with E-state index in [0.717, 1.165) is 18.9 Å². The van der Waals surface area contributed by atoms with Crippen LogP contribution in [0.4, 0.5) is 0 Å². The molecule has 1 N–H and O–H groups in total. The smallest absolute Gasteiger partial charge is 0.147 e. The molecule has 0 spiro atoms. The molecular formula is C18H25NO2. The Kier molecular flexibility index (Phi) is 3.52. The first-order valence-corrected chi connectivity index (χ1v) is 8.26. The Labute approximate surface area is 127 Å². The second-order valence-corrected chi connectivity index (χ2v) is 6.99. The van der Waals surface area contributed by atoms with Crippen LogP contribution in [0.1, 0.15) is 42.0 Å². The first-order chi connectivity index (χ1) is 10.2. The van der Waals surface area contributed by atoms with Gasteiger partial charge in [-0.1, -0.05) is 18.2 Å². The first-order valence-electron chi connectivity index (χ1n) is 8.26. The third-order valence-corrected chi connectivity index (χ3v) is 5.82. The molecule has 3 fully saturated rings. The lowest BCUT2D eigenvalue weighted by molar-refractivity contribution is 0.0119. The number of benzene rings is 1. The summed E-state index contributed by atoms with van der Waals surface area (Å²) in [6.45, 7) is 6.02. The largest absolute Gasteiger partial charge is 0.349 e. The maximum absolute atomic E-state index is 5.78. The van der Waals surface area contributed by atoms with E-state index in [1.54, 1.807) is 0 Å². The van der Waals surface area contributed by atoms with Crippen LogP contribution in [0.5, 0.6) is 0 Å². The van der Waals surface area contributed by atoms with Gasteiger partial charge >= 0.3 is 0 Å². The predicted molar refractivity (Wildman–Crippen MR) is 82.1 cm³/mol. The predicted octanol–water partition coefficient (Wildman–Crippen LogP) is 3.11. The van der Waals surface area contributed by atoms with Gasteiger partial charge in [0.25, 0.3) is 0 Å². The SMILES string of the molecule is Cc1ccc(C2NCCC3CC4OCOC4CC32)cc1C. The normalized spacial score (nSPS) is 38.9. The Morgan fingerprint density at radius 2 is 1.86 bits per heavy atom. The summed E-state index contributed by atoms with van der Waals surface area (Å²) in [4.78, 5) is 0. The van der Waals surface area contributed by atoms with Crippen LogP contribution in [-0.4, -0.2) is 25.5 Å². The lowest BCUT2D eigenvalue weighted by atomic mass is 9.68. The fourth-order valence-corrected chi connectivity index (χ4v) is 4.44. The quantitative estimate of drug-likeness (QED) is 0.861. The minimum absolute atomic E-state index is 0.320. The van der Waals surface area contributed by atoms with Crippen LogP contribution in [0, 0.1) is 25.7 Å². The van der Waals surface area contributed by atoms with Gasteiger partial charge in [0.1, 0.15) is 6.79 Å². The molecule has 4 rings (SSSR count). The molecule has 0 radical (unpaired) electrons. The van der Waals surface area contributed by atoms with Crippen LogP contribution in [0.3, 0.4) is 0 Å². The summed E-state index contributed by atoms with van der Waals surface area (Å²) >= 11 is 0. The summed E-state index contributed by atoms with van der Waals surface area (Å²) in [5, 5.41) is 3.76. The topological polar surface area (TPSA) is 30.5 Å². The van der Waals surface area contributed by atoms with Crippen LogP contribution in [0.25, 0.3) is 0 Å². The number of fused-ring (bicyclic) bond motifs is 2. The van der Waals surface area contributed by atoms with E-state index in [9.17, 15) is 0 Å². The van der Waals surface area contributed by atoms with E-state index in [1.807, 2.05) is 0 Å². The highest BCUT2D eigenvalue weighted by atomic mass is 16.7. The minimum atomic E-state index is 0.320. The molecule has 1 saturated carbocycles. The van der Waals surface area contributed by atoms with Crippen molar-refractivity contribution in [3.8, 4) is 0 Å². The Hall–Kier alpha value is -0.900. The maximum Gasteiger partial charge on any atom is 0.147 e. The molecule has 114 valence electrons. The van der Waals surface area contributed by atoms with E-state index < -0.39 is 0 Å². The number of rotatable bonds is 1. The highest BCUT2D eigenvalue weighted by Crippen LogP contribution is 2.45. The summed E-state index contributed by atoms with van der Waals surface area (Å²) in [6, 6.07) is 7.42. The summed E-state index contributed by atoms with van der Waals surface area (Å²) in [5.41, 5.74) is 4.22.